The molecular formula is C24H34O5Si. The molecule has 0 saturated carbocycles. The van der Waals surface area contributed by atoms with Crippen molar-refractivity contribution in [1.29, 1.82) is 0 Å². The summed E-state index contributed by atoms with van der Waals surface area (Å²) in [5.74, 6) is 0.136. The van der Waals surface area contributed by atoms with Gasteiger partial charge in [-0.25, -0.2) is 0 Å². The third-order valence-electron chi connectivity index (χ3n) is 8.11. The number of ether oxygens (including phenoxy) is 2. The van der Waals surface area contributed by atoms with Crippen molar-refractivity contribution in [3.63, 3.8) is 0 Å². The van der Waals surface area contributed by atoms with Crippen LogP contribution in [0, 0.1) is 18.3 Å². The minimum absolute atomic E-state index is 0.0311. The lowest BCUT2D eigenvalue weighted by atomic mass is 9.58. The number of carbonyl (C=O) groups is 1. The van der Waals surface area contributed by atoms with Crippen LogP contribution in [0.1, 0.15) is 56.4 Å². The first kappa shape index (κ1) is 21.6. The molecule has 5 rings (SSSR count). The molecule has 30 heavy (non-hydrogen) atoms. The topological polar surface area (TPSA) is 65.0 Å². The van der Waals surface area contributed by atoms with E-state index >= 15 is 0 Å². The summed E-state index contributed by atoms with van der Waals surface area (Å²) in [5.41, 5.74) is 2.96. The van der Waals surface area contributed by atoms with Gasteiger partial charge in [-0.15, -0.1) is 0 Å². The van der Waals surface area contributed by atoms with Crippen molar-refractivity contribution in [1.82, 2.24) is 0 Å². The highest BCUT2D eigenvalue weighted by molar-refractivity contribution is 6.74. The van der Waals surface area contributed by atoms with Gasteiger partial charge in [-0.1, -0.05) is 26.3 Å². The minimum atomic E-state index is -2.10. The van der Waals surface area contributed by atoms with E-state index in [1.807, 2.05) is 32.1 Å². The highest BCUT2D eigenvalue weighted by Crippen LogP contribution is 2.64. The first-order chi connectivity index (χ1) is 13.8. The second-order valence-electron chi connectivity index (χ2n) is 10.7. The summed E-state index contributed by atoms with van der Waals surface area (Å²) < 4.78 is 18.0. The van der Waals surface area contributed by atoms with Crippen molar-refractivity contribution >= 4 is 14.3 Å². The highest BCUT2D eigenvalue weighted by Gasteiger charge is 2.66. The average molecular weight is 431 g/mol. The smallest absolute Gasteiger partial charge is 0.319 e. The molecule has 1 aromatic rings. The molecule has 5 atom stereocenters. The van der Waals surface area contributed by atoms with Gasteiger partial charge in [0.2, 0.25) is 0 Å². The van der Waals surface area contributed by atoms with Crippen LogP contribution in [0.2, 0.25) is 18.1 Å². The fourth-order valence-corrected chi connectivity index (χ4v) is 6.29. The van der Waals surface area contributed by atoms with E-state index in [0.717, 1.165) is 28.0 Å². The predicted molar refractivity (Wildman–Crippen MR) is 118 cm³/mol. The van der Waals surface area contributed by atoms with Gasteiger partial charge in [0, 0.05) is 11.8 Å². The number of aliphatic hydroxyl groups is 1. The number of hydrogen-bond acceptors (Lipinski definition) is 5. The first-order valence-corrected chi connectivity index (χ1v) is 13.7. The lowest BCUT2D eigenvalue weighted by Gasteiger charge is -2.53. The molecule has 2 aliphatic heterocycles. The molecule has 0 amide bonds. The summed E-state index contributed by atoms with van der Waals surface area (Å²) in [7, 11) is -0.452. The Morgan fingerprint density at radius 1 is 1.23 bits per heavy atom. The van der Waals surface area contributed by atoms with E-state index in [4.69, 9.17) is 13.9 Å². The average Bonchev–Trinajstić information content (AvgIpc) is 2.94. The Labute approximate surface area is 180 Å². The zero-order valence-corrected chi connectivity index (χ0v) is 20.3. The fraction of sp³-hybridized carbons (Fsp3) is 0.625. The van der Waals surface area contributed by atoms with Crippen LogP contribution in [0.15, 0.2) is 23.8 Å². The molecule has 1 saturated heterocycles. The van der Waals surface area contributed by atoms with Gasteiger partial charge in [0.1, 0.15) is 17.3 Å². The lowest BCUT2D eigenvalue weighted by molar-refractivity contribution is -0.183. The van der Waals surface area contributed by atoms with Crippen molar-refractivity contribution in [2.24, 2.45) is 11.3 Å². The standard InChI is InChI=1S/C24H34O5Si/c1-13-9-15(27-6)11-16-18(13)21(25)19-17-10-14(2)24(20(16)19,22(26)29-17)12-28-30(7,8)23(3,4)5/h9-11,17,19-21,25H,12H2,1-8H3/t17-,19+,20+,21-,24+/m0/s1. The van der Waals surface area contributed by atoms with E-state index in [1.165, 1.54) is 0 Å². The van der Waals surface area contributed by atoms with E-state index < -0.39 is 25.9 Å². The molecule has 2 heterocycles. The number of hydrogen-bond donors (Lipinski definition) is 1. The minimum Gasteiger partial charge on any atom is -0.497 e. The maximum Gasteiger partial charge on any atom is 0.319 e. The summed E-state index contributed by atoms with van der Waals surface area (Å²) in [5, 5.41) is 11.3. The molecule has 5 nitrogen and oxygen atoms in total. The summed E-state index contributed by atoms with van der Waals surface area (Å²) in [6.45, 7) is 15.3. The molecule has 0 radical (unpaired) electrons. The van der Waals surface area contributed by atoms with Crippen LogP contribution in [0.3, 0.4) is 0 Å². The zero-order chi connectivity index (χ0) is 22.2. The van der Waals surface area contributed by atoms with Gasteiger partial charge < -0.3 is 19.0 Å². The van der Waals surface area contributed by atoms with E-state index in [9.17, 15) is 9.90 Å². The fourth-order valence-electron chi connectivity index (χ4n) is 5.27. The normalized spacial score (nSPS) is 32.4. The third-order valence-corrected chi connectivity index (χ3v) is 12.6. The summed E-state index contributed by atoms with van der Waals surface area (Å²) in [6.07, 6.45) is 0.940. The molecule has 2 bridgehead atoms. The molecule has 1 aromatic carbocycles. The number of aliphatic hydroxyl groups excluding tert-OH is 1. The van der Waals surface area contributed by atoms with E-state index in [1.54, 1.807) is 7.11 Å². The second-order valence-corrected chi connectivity index (χ2v) is 15.5. The zero-order valence-electron chi connectivity index (χ0n) is 19.3. The number of methoxy groups -OCH3 is 1. The van der Waals surface area contributed by atoms with Crippen molar-refractivity contribution in [2.45, 2.75) is 70.9 Å². The van der Waals surface area contributed by atoms with Gasteiger partial charge in [-0.3, -0.25) is 4.79 Å². The monoisotopic (exact) mass is 430 g/mol. The Hall–Kier alpha value is -1.63. The molecule has 0 unspecified atom stereocenters. The first-order valence-electron chi connectivity index (χ1n) is 10.8. The van der Waals surface area contributed by atoms with Crippen molar-refractivity contribution < 1.29 is 23.8 Å². The Bertz CT molecular complexity index is 928. The Balaban J connectivity index is 1.86. The number of esters is 1. The Kier molecular flexibility index (Phi) is 4.81. The van der Waals surface area contributed by atoms with Crippen LogP contribution in [0.5, 0.6) is 5.75 Å². The van der Waals surface area contributed by atoms with E-state index in [-0.39, 0.29) is 29.5 Å². The summed E-state index contributed by atoms with van der Waals surface area (Å²) in [4.78, 5) is 13.4. The third kappa shape index (κ3) is 2.76. The van der Waals surface area contributed by atoms with Gasteiger partial charge >= 0.3 is 5.97 Å². The SMILES string of the molecule is COc1cc(C)c2c(c1)[C@@H]1[C@@H]([C@@H]3C=C(C)[C@@]1(CO[Si](C)(C)C(C)(C)C)C(=O)O3)[C@H]2O. The van der Waals surface area contributed by atoms with Crippen LogP contribution < -0.4 is 4.74 Å². The van der Waals surface area contributed by atoms with Crippen LogP contribution in [-0.2, 0) is 14.0 Å². The Morgan fingerprint density at radius 3 is 2.47 bits per heavy atom. The lowest BCUT2D eigenvalue weighted by Crippen LogP contribution is -2.59. The van der Waals surface area contributed by atoms with E-state index in [0.29, 0.717) is 0 Å². The van der Waals surface area contributed by atoms with Gasteiger partial charge in [0.15, 0.2) is 8.32 Å². The number of aryl methyl sites for hydroxylation is 1. The van der Waals surface area contributed by atoms with Gasteiger partial charge in [0.25, 0.3) is 0 Å². The molecule has 6 heteroatoms. The molecule has 164 valence electrons. The number of fused-ring (bicyclic) bond motifs is 2. The predicted octanol–water partition coefficient (Wildman–Crippen LogP) is 4.64. The van der Waals surface area contributed by atoms with Crippen LogP contribution >= 0.6 is 0 Å². The van der Waals surface area contributed by atoms with Gasteiger partial charge in [0.05, 0.1) is 19.8 Å². The van der Waals surface area contributed by atoms with Crippen molar-refractivity contribution in [3.05, 3.63) is 40.5 Å². The van der Waals surface area contributed by atoms with Gasteiger partial charge in [-0.2, -0.15) is 0 Å². The summed E-state index contributed by atoms with van der Waals surface area (Å²) in [6, 6.07) is 3.94. The molecule has 0 spiro atoms. The second kappa shape index (κ2) is 6.68. The molecular weight excluding hydrogens is 396 g/mol. The summed E-state index contributed by atoms with van der Waals surface area (Å²) >= 11 is 0. The number of rotatable bonds is 4. The molecule has 4 aliphatic rings. The number of benzene rings is 1. The van der Waals surface area contributed by atoms with Crippen molar-refractivity contribution in [3.8, 4) is 5.75 Å². The maximum absolute atomic E-state index is 13.4. The molecule has 2 aliphatic carbocycles. The van der Waals surface area contributed by atoms with Crippen LogP contribution in [-0.4, -0.2) is 39.2 Å². The van der Waals surface area contributed by atoms with Gasteiger partial charge in [-0.05, 0) is 66.9 Å². The van der Waals surface area contributed by atoms with E-state index in [2.05, 4.69) is 33.9 Å². The highest BCUT2D eigenvalue weighted by atomic mass is 28.4. The Morgan fingerprint density at radius 2 is 1.90 bits per heavy atom. The quantitative estimate of drug-likeness (QED) is 0.428. The van der Waals surface area contributed by atoms with Crippen LogP contribution in [0.25, 0.3) is 0 Å². The molecule has 1 fully saturated rings. The molecule has 0 aromatic heterocycles. The molecule has 1 N–H and O–H groups in total. The van der Waals surface area contributed by atoms with Crippen LogP contribution in [0.4, 0.5) is 0 Å². The number of carbonyl (C=O) groups excluding carboxylic acids is 1. The maximum atomic E-state index is 13.4. The largest absolute Gasteiger partial charge is 0.497 e. The van der Waals surface area contributed by atoms with Crippen molar-refractivity contribution in [2.75, 3.05) is 13.7 Å².